The number of amides is 1. The number of hydrogen-bond donors (Lipinski definition) is 3. The average molecular weight is 818 g/mol. The molecule has 2 bridgehead atoms. The van der Waals surface area contributed by atoms with Crippen LogP contribution in [-0.2, 0) is 42.8 Å². The van der Waals surface area contributed by atoms with Crippen molar-refractivity contribution in [3.8, 4) is 0 Å². The first kappa shape index (κ1) is 46.6. The Morgan fingerprint density at radius 2 is 1.62 bits per heavy atom. The third-order valence-corrected chi connectivity index (χ3v) is 13.7. The number of epoxide rings is 1. The molecule has 58 heavy (non-hydrogen) atoms. The highest BCUT2D eigenvalue weighted by Crippen LogP contribution is 2.51. The smallest absolute Gasteiger partial charge is 0.329 e. The molecule has 1 aliphatic carbocycles. The standard InChI is InChI=1S/C45H71NO12/c1-10-13-32-19-26(2)18-27(3)20-38(54-8)41-39(55-9)22-29(5)45(52,58-41)44(25-56-44)43(51)46-17-12-11-14-33(46)42(50)57-40(30(6)35(48)24-36(32)49)28(4)21-31-15-16-34(47)37(23-31)53-7/h10,19,21,27,29-35,37-41,47-48,52H,1,11-18,20,22-25H2,2-9H3. The van der Waals surface area contributed by atoms with Gasteiger partial charge in [0, 0.05) is 52.0 Å². The number of nitrogens with zero attached hydrogens (tertiary/aromatic N) is 1. The molecule has 15 atom stereocenters. The van der Waals surface area contributed by atoms with Crippen molar-refractivity contribution < 1.29 is 58.1 Å². The molecule has 4 fully saturated rings. The lowest BCUT2D eigenvalue weighted by Crippen LogP contribution is -2.68. The molecule has 4 aliphatic heterocycles. The van der Waals surface area contributed by atoms with Crippen LogP contribution in [0.1, 0.15) is 105 Å². The normalized spacial score (nSPS) is 42.8. The Balaban J connectivity index is 1.55. The Labute approximate surface area is 345 Å². The lowest BCUT2D eigenvalue weighted by Gasteiger charge is -2.50. The molecule has 15 unspecified atom stereocenters. The van der Waals surface area contributed by atoms with Crippen molar-refractivity contribution in [1.82, 2.24) is 4.90 Å². The highest BCUT2D eigenvalue weighted by molar-refractivity contribution is 5.93. The number of hydrogen-bond acceptors (Lipinski definition) is 12. The molecule has 0 aromatic carbocycles. The second-order valence-electron chi connectivity index (χ2n) is 18.1. The topological polar surface area (TPSA) is 174 Å². The molecular formula is C45H71NO12. The van der Waals surface area contributed by atoms with Crippen LogP contribution in [0.4, 0.5) is 0 Å². The van der Waals surface area contributed by atoms with Gasteiger partial charge in [-0.05, 0) is 95.5 Å². The molecule has 0 radical (unpaired) electrons. The van der Waals surface area contributed by atoms with Crippen LogP contribution in [0.15, 0.2) is 36.0 Å². The number of esters is 1. The van der Waals surface area contributed by atoms with E-state index >= 15 is 0 Å². The lowest BCUT2D eigenvalue weighted by atomic mass is 9.78. The number of aliphatic hydroxyl groups excluding tert-OH is 2. The number of carbonyl (C=O) groups excluding carboxylic acids is 3. The number of methoxy groups -OCH3 is 3. The fourth-order valence-corrected chi connectivity index (χ4v) is 10.1. The molecule has 0 aromatic heterocycles. The Morgan fingerprint density at radius 1 is 0.948 bits per heavy atom. The Kier molecular flexibility index (Phi) is 16.0. The molecule has 13 nitrogen and oxygen atoms in total. The molecule has 1 amide bonds. The fourth-order valence-electron chi connectivity index (χ4n) is 10.1. The van der Waals surface area contributed by atoms with Gasteiger partial charge in [-0.1, -0.05) is 44.6 Å². The van der Waals surface area contributed by atoms with Crippen molar-refractivity contribution in [2.45, 2.75) is 165 Å². The number of piperidine rings is 1. The summed E-state index contributed by atoms with van der Waals surface area (Å²) < 4.78 is 36.5. The van der Waals surface area contributed by atoms with Crippen LogP contribution in [0.3, 0.4) is 0 Å². The minimum absolute atomic E-state index is 0.0211. The summed E-state index contributed by atoms with van der Waals surface area (Å²) in [6, 6.07) is -0.983. The van der Waals surface area contributed by atoms with Gasteiger partial charge in [0.1, 0.15) is 24.0 Å². The van der Waals surface area contributed by atoms with Gasteiger partial charge in [-0.15, -0.1) is 6.58 Å². The van der Waals surface area contributed by atoms with Crippen LogP contribution in [-0.4, -0.2) is 133 Å². The van der Waals surface area contributed by atoms with Crippen LogP contribution in [0.25, 0.3) is 0 Å². The van der Waals surface area contributed by atoms with Crippen molar-refractivity contribution in [3.05, 3.63) is 36.0 Å². The van der Waals surface area contributed by atoms with Gasteiger partial charge >= 0.3 is 5.97 Å². The summed E-state index contributed by atoms with van der Waals surface area (Å²) in [4.78, 5) is 44.7. The summed E-state index contributed by atoms with van der Waals surface area (Å²) in [7, 11) is 4.77. The first-order valence-corrected chi connectivity index (χ1v) is 21.5. The Hall–Kier alpha value is -2.49. The van der Waals surface area contributed by atoms with E-state index in [1.807, 2.05) is 32.9 Å². The summed E-state index contributed by atoms with van der Waals surface area (Å²) in [5, 5.41) is 34.8. The average Bonchev–Trinajstić information content (AvgIpc) is 4.02. The maximum absolute atomic E-state index is 14.8. The summed E-state index contributed by atoms with van der Waals surface area (Å²) in [6.45, 7) is 13.6. The van der Waals surface area contributed by atoms with Gasteiger partial charge in [0.2, 0.25) is 11.4 Å². The summed E-state index contributed by atoms with van der Waals surface area (Å²) >= 11 is 0. The second-order valence-corrected chi connectivity index (χ2v) is 18.1. The molecule has 4 heterocycles. The summed E-state index contributed by atoms with van der Waals surface area (Å²) in [5.41, 5.74) is -0.0431. The molecule has 13 heteroatoms. The van der Waals surface area contributed by atoms with E-state index in [2.05, 4.69) is 13.5 Å². The van der Waals surface area contributed by atoms with E-state index < -0.39 is 83.7 Å². The first-order valence-electron chi connectivity index (χ1n) is 21.5. The molecule has 5 rings (SSSR count). The molecule has 1 spiro atoms. The van der Waals surface area contributed by atoms with Gasteiger partial charge in [-0.2, -0.15) is 0 Å². The van der Waals surface area contributed by atoms with Gasteiger partial charge in [-0.3, -0.25) is 9.59 Å². The third kappa shape index (κ3) is 9.99. The van der Waals surface area contributed by atoms with Crippen molar-refractivity contribution in [3.63, 3.8) is 0 Å². The minimum atomic E-state index is -2.04. The molecular weight excluding hydrogens is 746 g/mol. The van der Waals surface area contributed by atoms with Crippen LogP contribution in [0.5, 0.6) is 0 Å². The second kappa shape index (κ2) is 19.9. The third-order valence-electron chi connectivity index (χ3n) is 13.7. The minimum Gasteiger partial charge on any atom is -0.456 e. The van der Waals surface area contributed by atoms with E-state index in [1.165, 1.54) is 4.90 Å². The molecule has 0 aromatic rings. The largest absolute Gasteiger partial charge is 0.456 e. The lowest BCUT2D eigenvalue weighted by molar-refractivity contribution is -0.340. The number of aliphatic hydroxyl groups is 3. The van der Waals surface area contributed by atoms with E-state index in [1.54, 1.807) is 34.3 Å². The zero-order valence-corrected chi connectivity index (χ0v) is 36.1. The fraction of sp³-hybridized carbons (Fsp3) is 0.800. The van der Waals surface area contributed by atoms with Gasteiger partial charge in [0.05, 0.1) is 37.1 Å². The van der Waals surface area contributed by atoms with Gasteiger partial charge in [0.25, 0.3) is 5.91 Å². The maximum Gasteiger partial charge on any atom is 0.329 e. The van der Waals surface area contributed by atoms with Crippen molar-refractivity contribution >= 4 is 17.7 Å². The SMILES string of the molecule is C=CCC1C=C(C)CC(C)CC(OC)C2OC(O)(C(C)CC2OC)C2(CO2)C(=O)N2CCCCC2C(=O)OC(C(C)=CC2CCC(O)C(OC)C2)C(C)C(O)CC1=O. The molecule has 328 valence electrons. The summed E-state index contributed by atoms with van der Waals surface area (Å²) in [5.74, 6) is -5.05. The predicted octanol–water partition coefficient (Wildman–Crippen LogP) is 4.84. The van der Waals surface area contributed by atoms with E-state index in [9.17, 15) is 29.7 Å². The summed E-state index contributed by atoms with van der Waals surface area (Å²) in [6.07, 6.45) is 6.30. The van der Waals surface area contributed by atoms with E-state index in [0.717, 1.165) is 5.57 Å². The number of ketones is 1. The van der Waals surface area contributed by atoms with Gasteiger partial charge < -0.3 is 48.6 Å². The first-order chi connectivity index (χ1) is 27.5. The van der Waals surface area contributed by atoms with Gasteiger partial charge in [-0.25, -0.2) is 4.79 Å². The molecule has 5 aliphatic rings. The molecule has 1 saturated carbocycles. The van der Waals surface area contributed by atoms with E-state index in [0.29, 0.717) is 69.8 Å². The highest BCUT2D eigenvalue weighted by Gasteiger charge is 2.73. The quantitative estimate of drug-likeness (QED) is 0.182. The van der Waals surface area contributed by atoms with E-state index in [-0.39, 0.29) is 43.3 Å². The zero-order valence-electron chi connectivity index (χ0n) is 36.1. The van der Waals surface area contributed by atoms with Crippen molar-refractivity contribution in [2.75, 3.05) is 34.5 Å². The zero-order chi connectivity index (χ0) is 42.5. The molecule has 3 saturated heterocycles. The van der Waals surface area contributed by atoms with Crippen LogP contribution < -0.4 is 0 Å². The number of carbonyl (C=O) groups is 3. The number of fused-ring (bicyclic) bond motifs is 4. The predicted molar refractivity (Wildman–Crippen MR) is 216 cm³/mol. The number of ether oxygens (including phenoxy) is 6. The number of Topliss-reactive ketones (excluding diaryl/α,β-unsaturated/α-hetero) is 1. The molecule has 3 N–H and O–H groups in total. The highest BCUT2D eigenvalue weighted by atomic mass is 16.7. The number of rotatable bonds is 7. The number of allylic oxidation sites excluding steroid dienone is 4. The van der Waals surface area contributed by atoms with Crippen LogP contribution in [0.2, 0.25) is 0 Å². The van der Waals surface area contributed by atoms with Gasteiger partial charge in [0.15, 0.2) is 0 Å². The number of cyclic esters (lactones) is 1. The Morgan fingerprint density at radius 3 is 2.26 bits per heavy atom. The van der Waals surface area contributed by atoms with Crippen molar-refractivity contribution in [2.24, 2.45) is 29.6 Å². The van der Waals surface area contributed by atoms with Crippen LogP contribution in [0, 0.1) is 29.6 Å². The monoisotopic (exact) mass is 817 g/mol. The Bertz CT molecular complexity index is 1510. The van der Waals surface area contributed by atoms with Crippen molar-refractivity contribution in [1.29, 1.82) is 0 Å². The van der Waals surface area contributed by atoms with E-state index in [4.69, 9.17) is 28.4 Å². The van der Waals surface area contributed by atoms with Crippen LogP contribution >= 0.6 is 0 Å². The maximum atomic E-state index is 14.8.